The Balaban J connectivity index is 0.000000109. The molecule has 18 aromatic rings. The molecule has 0 heteroatoms. The van der Waals surface area contributed by atoms with Gasteiger partial charge in [-0.2, -0.15) is 0 Å². The van der Waals surface area contributed by atoms with Gasteiger partial charge in [0.05, 0.1) is 0 Å². The van der Waals surface area contributed by atoms with E-state index in [1.165, 1.54) is 165 Å². The molecule has 0 nitrogen and oxygen atoms in total. The van der Waals surface area contributed by atoms with Gasteiger partial charge in [0.1, 0.15) is 0 Å². The zero-order valence-electron chi connectivity index (χ0n) is 59.1. The van der Waals surface area contributed by atoms with Crippen LogP contribution in [-0.4, -0.2) is 0 Å². The molecule has 0 fully saturated rings. The van der Waals surface area contributed by atoms with Crippen LogP contribution in [0.2, 0.25) is 0 Å². The smallest absolute Gasteiger partial charge is 0.0103 e. The van der Waals surface area contributed by atoms with Crippen molar-refractivity contribution < 1.29 is 0 Å². The van der Waals surface area contributed by atoms with Crippen LogP contribution in [0.25, 0.3) is 131 Å². The lowest BCUT2D eigenvalue weighted by Crippen LogP contribution is -1.84. The van der Waals surface area contributed by atoms with Crippen molar-refractivity contribution in [3.8, 4) is 66.8 Å². The monoisotopic (exact) mass is 1310 g/mol. The first-order valence-electron chi connectivity index (χ1n) is 35.4. The summed E-state index contributed by atoms with van der Waals surface area (Å²) in [4.78, 5) is 0. The zero-order chi connectivity index (χ0) is 70.0. The number of rotatable bonds is 6. The summed E-state index contributed by atoms with van der Waals surface area (Å²) in [6, 6.07) is 142. The topological polar surface area (TPSA) is 0 Å². The number of hydrogen-bond acceptors (Lipinski definition) is 0. The fourth-order valence-electron chi connectivity index (χ4n) is 13.9. The molecule has 18 rings (SSSR count). The van der Waals surface area contributed by atoms with Crippen molar-refractivity contribution in [2.45, 2.75) is 41.5 Å². The number of aryl methyl sites for hydroxylation is 6. The molecule has 0 aromatic heterocycles. The zero-order valence-corrected chi connectivity index (χ0v) is 59.1. The average Bonchev–Trinajstić information content (AvgIpc) is 0.852. The summed E-state index contributed by atoms with van der Waals surface area (Å²) in [6.07, 6.45) is 0. The summed E-state index contributed by atoms with van der Waals surface area (Å²) in [6.45, 7) is 12.9. The van der Waals surface area contributed by atoms with Gasteiger partial charge < -0.3 is 0 Å². The standard InChI is InChI=1S/6C17H14/c1-13-7-2-4-10-15(13)17-12-6-9-14-8-3-5-11-16(14)17;1-13-6-4-9-15(12-13)17-11-5-8-14-7-2-3-10-16(14)17;1-13-7-5-12-17-15(13)10-6-11-16(17)14-8-3-2-4-9-14;1-13-11-15-9-5-6-10-16(15)17(12-13)14-7-3-2-4-8-14;1-13-11-12-16(14-7-3-2-4-8-14)17-10-6-5-9-15(13)17;1-13-10-11-17-15(12-13)8-5-9-16(17)14-6-3-2-4-7-14/h6*2-12H,1H3. The Morgan fingerprint density at radius 2 is 0.431 bits per heavy atom. The molecule has 0 N–H and O–H groups in total. The first kappa shape index (κ1) is 68.1. The third kappa shape index (κ3) is 16.3. The number of fused-ring (bicyclic) bond motifs is 6. The van der Waals surface area contributed by atoms with Crippen LogP contribution in [-0.2, 0) is 0 Å². The van der Waals surface area contributed by atoms with Crippen LogP contribution in [0.3, 0.4) is 0 Å². The van der Waals surface area contributed by atoms with Gasteiger partial charge in [-0.25, -0.2) is 0 Å². The fraction of sp³-hybridized carbons (Fsp3) is 0.0588. The van der Waals surface area contributed by atoms with E-state index in [9.17, 15) is 0 Å². The molecule has 0 unspecified atom stereocenters. The third-order valence-electron chi connectivity index (χ3n) is 19.0. The van der Waals surface area contributed by atoms with E-state index in [2.05, 4.69) is 442 Å². The maximum atomic E-state index is 2.26. The normalized spacial score (nSPS) is 10.6. The van der Waals surface area contributed by atoms with Crippen molar-refractivity contribution in [2.75, 3.05) is 0 Å². The van der Waals surface area contributed by atoms with Crippen LogP contribution in [0.5, 0.6) is 0 Å². The first-order valence-corrected chi connectivity index (χ1v) is 35.4. The van der Waals surface area contributed by atoms with Crippen molar-refractivity contribution in [3.63, 3.8) is 0 Å². The van der Waals surface area contributed by atoms with Gasteiger partial charge in [-0.05, 0) is 195 Å². The van der Waals surface area contributed by atoms with E-state index in [1.54, 1.807) is 0 Å². The van der Waals surface area contributed by atoms with Gasteiger partial charge in [0.25, 0.3) is 0 Å². The van der Waals surface area contributed by atoms with Crippen molar-refractivity contribution in [3.05, 3.63) is 434 Å². The first-order chi connectivity index (χ1) is 50.1. The van der Waals surface area contributed by atoms with E-state index in [4.69, 9.17) is 0 Å². The van der Waals surface area contributed by atoms with Crippen LogP contribution >= 0.6 is 0 Å². The van der Waals surface area contributed by atoms with Gasteiger partial charge in [-0.15, -0.1) is 0 Å². The minimum atomic E-state index is 1.28. The summed E-state index contributed by atoms with van der Waals surface area (Å²) < 4.78 is 0. The Hall–Kier alpha value is -12.5. The van der Waals surface area contributed by atoms with Crippen molar-refractivity contribution in [2.24, 2.45) is 0 Å². The van der Waals surface area contributed by atoms with Crippen molar-refractivity contribution in [1.82, 2.24) is 0 Å². The Morgan fingerprint density at radius 3 is 0.990 bits per heavy atom. The molecule has 102 heavy (non-hydrogen) atoms. The van der Waals surface area contributed by atoms with Crippen LogP contribution in [0.4, 0.5) is 0 Å². The van der Waals surface area contributed by atoms with Gasteiger partial charge in [-0.3, -0.25) is 0 Å². The molecular formula is C102H84. The van der Waals surface area contributed by atoms with Gasteiger partial charge in [0.15, 0.2) is 0 Å². The van der Waals surface area contributed by atoms with Gasteiger partial charge in [0, 0.05) is 0 Å². The Labute approximate surface area is 602 Å². The highest BCUT2D eigenvalue weighted by Crippen LogP contribution is 2.36. The number of hydrogen-bond donors (Lipinski definition) is 0. The van der Waals surface area contributed by atoms with Gasteiger partial charge >= 0.3 is 0 Å². The minimum Gasteiger partial charge on any atom is -0.0622 e. The molecule has 0 aliphatic rings. The molecular weight excluding hydrogens is 1230 g/mol. The maximum Gasteiger partial charge on any atom is -0.0103 e. The van der Waals surface area contributed by atoms with Crippen molar-refractivity contribution in [1.29, 1.82) is 0 Å². The molecule has 0 spiro atoms. The van der Waals surface area contributed by atoms with E-state index in [-0.39, 0.29) is 0 Å². The maximum absolute atomic E-state index is 2.26. The van der Waals surface area contributed by atoms with Gasteiger partial charge in [-0.1, -0.05) is 412 Å². The van der Waals surface area contributed by atoms with Crippen LogP contribution in [0.1, 0.15) is 33.4 Å². The predicted octanol–water partition coefficient (Wildman–Crippen LogP) is 28.9. The molecule has 0 saturated carbocycles. The molecule has 0 amide bonds. The van der Waals surface area contributed by atoms with Crippen molar-refractivity contribution >= 4 is 64.6 Å². The summed E-state index contributed by atoms with van der Waals surface area (Å²) in [7, 11) is 0. The second-order valence-corrected chi connectivity index (χ2v) is 26.2. The average molecular weight is 1310 g/mol. The minimum absolute atomic E-state index is 1.28. The van der Waals surface area contributed by atoms with E-state index >= 15 is 0 Å². The lowest BCUT2D eigenvalue weighted by atomic mass is 9.95. The highest BCUT2D eigenvalue weighted by molar-refractivity contribution is 6.02. The Bertz CT molecular complexity index is 5710. The summed E-state index contributed by atoms with van der Waals surface area (Å²) >= 11 is 0. The summed E-state index contributed by atoms with van der Waals surface area (Å²) in [5.74, 6) is 0. The van der Waals surface area contributed by atoms with Crippen LogP contribution in [0, 0.1) is 41.5 Å². The molecule has 492 valence electrons. The Kier molecular flexibility index (Phi) is 22.0. The molecule has 0 radical (unpaired) electrons. The fourth-order valence-corrected chi connectivity index (χ4v) is 13.9. The molecule has 0 atom stereocenters. The van der Waals surface area contributed by atoms with E-state index in [1.807, 2.05) is 0 Å². The Morgan fingerprint density at radius 1 is 0.127 bits per heavy atom. The van der Waals surface area contributed by atoms with Gasteiger partial charge in [0.2, 0.25) is 0 Å². The molecule has 0 heterocycles. The highest BCUT2D eigenvalue weighted by Gasteiger charge is 2.10. The van der Waals surface area contributed by atoms with Crippen LogP contribution in [0.15, 0.2) is 400 Å². The molecule has 0 saturated heterocycles. The summed E-state index contributed by atoms with van der Waals surface area (Å²) in [5.41, 5.74) is 23.5. The molecule has 0 aliphatic carbocycles. The number of benzene rings is 18. The van der Waals surface area contributed by atoms with E-state index < -0.39 is 0 Å². The largest absolute Gasteiger partial charge is 0.0622 e. The highest BCUT2D eigenvalue weighted by atomic mass is 14.1. The summed E-state index contributed by atoms with van der Waals surface area (Å²) in [5, 5.41) is 15.9. The lowest BCUT2D eigenvalue weighted by molar-refractivity contribution is 1.47. The molecule has 18 aromatic carbocycles. The van der Waals surface area contributed by atoms with E-state index in [0.29, 0.717) is 0 Å². The van der Waals surface area contributed by atoms with Crippen LogP contribution < -0.4 is 0 Å². The lowest BCUT2D eigenvalue weighted by Gasteiger charge is -2.09. The van der Waals surface area contributed by atoms with E-state index in [0.717, 1.165) is 0 Å². The third-order valence-corrected chi connectivity index (χ3v) is 19.0. The molecule has 0 bridgehead atoms. The second-order valence-electron chi connectivity index (χ2n) is 26.2. The SMILES string of the molecule is Cc1cc(-c2ccccc2)c2ccccc2c1.Cc1ccc(-c2ccccc2)c2ccccc12.Cc1ccc2c(-c3ccccc3)cccc2c1.Cc1cccc(-c2cccc3ccccc23)c1.Cc1cccc2c(-c3ccccc3)cccc12.Cc1ccccc1-c1cccc2ccccc12. The molecule has 0 aliphatic heterocycles. The second kappa shape index (κ2) is 32.9. The predicted molar refractivity (Wildman–Crippen MR) is 445 cm³/mol. The quantitative estimate of drug-likeness (QED) is 0.156.